The van der Waals surface area contributed by atoms with E-state index in [1.807, 2.05) is 6.20 Å². The van der Waals surface area contributed by atoms with E-state index in [1.54, 1.807) is 0 Å². The summed E-state index contributed by atoms with van der Waals surface area (Å²) < 4.78 is 3.40. The summed E-state index contributed by atoms with van der Waals surface area (Å²) in [6.45, 7) is 3.89. The van der Waals surface area contributed by atoms with Crippen LogP contribution in [0.15, 0.2) is 49.0 Å². The predicted octanol–water partition coefficient (Wildman–Crippen LogP) is 4.50. The fourth-order valence-corrected chi connectivity index (χ4v) is 2.66. The zero-order valence-corrected chi connectivity index (χ0v) is 10.8. The minimum absolute atomic E-state index is 1.22. The molecule has 78 valence electrons. The molecule has 0 atom stereocenters. The summed E-state index contributed by atoms with van der Waals surface area (Å²) >= 11 is 2.35. The van der Waals surface area contributed by atoms with Crippen molar-refractivity contribution in [1.29, 1.82) is 0 Å². The molecule has 0 N–H and O–H groups in total. The zero-order valence-electron chi connectivity index (χ0n) is 8.65. The number of para-hydroxylation sites is 1. The second kappa shape index (κ2) is 3.63. The molecule has 0 fully saturated rings. The van der Waals surface area contributed by atoms with E-state index in [9.17, 15) is 0 Å². The van der Waals surface area contributed by atoms with Crippen LogP contribution in [-0.4, -0.2) is 4.57 Å². The van der Waals surface area contributed by atoms with Crippen molar-refractivity contribution in [2.24, 2.45) is 0 Å². The number of hydrogen-bond acceptors (Lipinski definition) is 0. The van der Waals surface area contributed by atoms with Gasteiger partial charge in [-0.15, -0.1) is 0 Å². The lowest BCUT2D eigenvalue weighted by Gasteiger charge is -1.98. The molecule has 0 aliphatic heterocycles. The van der Waals surface area contributed by atoms with Gasteiger partial charge in [-0.2, -0.15) is 0 Å². The van der Waals surface area contributed by atoms with E-state index in [2.05, 4.69) is 76.2 Å². The molecule has 1 heterocycles. The Morgan fingerprint density at radius 1 is 1.00 bits per heavy atom. The molecule has 3 aromatic rings. The maximum Gasteiger partial charge on any atom is 0.0535 e. The maximum atomic E-state index is 3.89. The SMILES string of the molecule is C=Cn1c2ccccc2c2cc(I)ccc21. The number of benzene rings is 2. The van der Waals surface area contributed by atoms with Crippen LogP contribution >= 0.6 is 22.6 Å². The molecule has 0 saturated heterocycles. The Balaban J connectivity index is 2.64. The highest BCUT2D eigenvalue weighted by Gasteiger charge is 2.07. The van der Waals surface area contributed by atoms with Crippen LogP contribution in [-0.2, 0) is 0 Å². The average molecular weight is 319 g/mol. The van der Waals surface area contributed by atoms with Gasteiger partial charge in [-0.25, -0.2) is 0 Å². The highest BCUT2D eigenvalue weighted by atomic mass is 127. The molecule has 2 heteroatoms. The van der Waals surface area contributed by atoms with Gasteiger partial charge in [-0.05, 0) is 46.9 Å². The smallest absolute Gasteiger partial charge is 0.0535 e. The Labute approximate surface area is 108 Å². The van der Waals surface area contributed by atoms with Gasteiger partial charge in [-0.1, -0.05) is 24.8 Å². The van der Waals surface area contributed by atoms with Crippen molar-refractivity contribution >= 4 is 50.6 Å². The van der Waals surface area contributed by atoms with Crippen LogP contribution in [0.1, 0.15) is 0 Å². The quantitative estimate of drug-likeness (QED) is 0.582. The van der Waals surface area contributed by atoms with E-state index >= 15 is 0 Å². The summed E-state index contributed by atoms with van der Waals surface area (Å²) in [5, 5.41) is 2.58. The van der Waals surface area contributed by atoms with Gasteiger partial charge in [0.2, 0.25) is 0 Å². The third-order valence-corrected chi connectivity index (χ3v) is 3.53. The number of halogens is 1. The van der Waals surface area contributed by atoms with Gasteiger partial charge in [0, 0.05) is 20.5 Å². The topological polar surface area (TPSA) is 4.93 Å². The lowest BCUT2D eigenvalue weighted by Crippen LogP contribution is -1.83. The molecule has 0 amide bonds. The summed E-state index contributed by atoms with van der Waals surface area (Å²) in [7, 11) is 0. The largest absolute Gasteiger partial charge is 0.317 e. The van der Waals surface area contributed by atoms with E-state index in [-0.39, 0.29) is 0 Å². The maximum absolute atomic E-state index is 3.89. The number of rotatable bonds is 1. The van der Waals surface area contributed by atoms with E-state index in [1.165, 1.54) is 25.4 Å². The molecule has 1 nitrogen and oxygen atoms in total. The average Bonchev–Trinajstić information content (AvgIpc) is 2.62. The molecule has 0 bridgehead atoms. The van der Waals surface area contributed by atoms with E-state index in [0.717, 1.165) is 0 Å². The lowest BCUT2D eigenvalue weighted by atomic mass is 10.2. The van der Waals surface area contributed by atoms with Crippen LogP contribution in [0.5, 0.6) is 0 Å². The molecular formula is C14H10IN. The van der Waals surface area contributed by atoms with Crippen molar-refractivity contribution in [3.05, 3.63) is 52.6 Å². The summed E-state index contributed by atoms with van der Waals surface area (Å²) in [4.78, 5) is 0. The normalized spacial score (nSPS) is 11.1. The van der Waals surface area contributed by atoms with Crippen LogP contribution in [0, 0.1) is 3.57 Å². The van der Waals surface area contributed by atoms with Gasteiger partial charge < -0.3 is 4.57 Å². The lowest BCUT2D eigenvalue weighted by molar-refractivity contribution is 1.30. The number of aromatic nitrogens is 1. The second-order valence-corrected chi connectivity index (χ2v) is 4.98. The third kappa shape index (κ3) is 1.29. The van der Waals surface area contributed by atoms with Crippen molar-refractivity contribution in [3.8, 4) is 0 Å². The van der Waals surface area contributed by atoms with Gasteiger partial charge >= 0.3 is 0 Å². The molecule has 1 aromatic heterocycles. The summed E-state index contributed by atoms with van der Waals surface area (Å²) in [5.41, 5.74) is 2.44. The van der Waals surface area contributed by atoms with E-state index < -0.39 is 0 Å². The number of nitrogens with zero attached hydrogens (tertiary/aromatic N) is 1. The number of fused-ring (bicyclic) bond motifs is 3. The summed E-state index contributed by atoms with van der Waals surface area (Å²) in [6.07, 6.45) is 1.87. The fraction of sp³-hybridized carbons (Fsp3) is 0. The van der Waals surface area contributed by atoms with Crippen LogP contribution in [0.4, 0.5) is 0 Å². The van der Waals surface area contributed by atoms with Crippen molar-refractivity contribution in [2.45, 2.75) is 0 Å². The first-order chi connectivity index (χ1) is 7.81. The van der Waals surface area contributed by atoms with Crippen LogP contribution in [0.25, 0.3) is 28.0 Å². The molecule has 0 radical (unpaired) electrons. The Hall–Kier alpha value is -1.29. The standard InChI is InChI=1S/C14H10IN/c1-2-16-13-6-4-3-5-11(13)12-9-10(15)7-8-14(12)16/h2-9H,1H2. The first-order valence-electron chi connectivity index (χ1n) is 5.12. The van der Waals surface area contributed by atoms with Crippen LogP contribution in [0.2, 0.25) is 0 Å². The van der Waals surface area contributed by atoms with Gasteiger partial charge in [0.05, 0.1) is 11.0 Å². The van der Waals surface area contributed by atoms with Gasteiger partial charge in [0.15, 0.2) is 0 Å². The van der Waals surface area contributed by atoms with Gasteiger partial charge in [0.1, 0.15) is 0 Å². The molecule has 3 rings (SSSR count). The fourth-order valence-electron chi connectivity index (χ4n) is 2.17. The summed E-state index contributed by atoms with van der Waals surface area (Å²) in [6, 6.07) is 14.9. The van der Waals surface area contributed by atoms with E-state index in [4.69, 9.17) is 0 Å². The third-order valence-electron chi connectivity index (χ3n) is 2.85. The Morgan fingerprint density at radius 2 is 1.75 bits per heavy atom. The predicted molar refractivity (Wildman–Crippen MR) is 78.5 cm³/mol. The molecule has 0 aliphatic carbocycles. The van der Waals surface area contributed by atoms with Crippen molar-refractivity contribution in [1.82, 2.24) is 4.57 Å². The van der Waals surface area contributed by atoms with E-state index in [0.29, 0.717) is 0 Å². The minimum atomic E-state index is 1.22. The highest BCUT2D eigenvalue weighted by molar-refractivity contribution is 14.1. The molecule has 0 aliphatic rings. The monoisotopic (exact) mass is 319 g/mol. The van der Waals surface area contributed by atoms with Crippen LogP contribution in [0.3, 0.4) is 0 Å². The Kier molecular flexibility index (Phi) is 2.24. The molecule has 0 unspecified atom stereocenters. The second-order valence-electron chi connectivity index (χ2n) is 3.73. The first kappa shape index (κ1) is 9.90. The van der Waals surface area contributed by atoms with Gasteiger partial charge in [-0.3, -0.25) is 0 Å². The van der Waals surface area contributed by atoms with Gasteiger partial charge in [0.25, 0.3) is 0 Å². The number of hydrogen-bond donors (Lipinski definition) is 0. The Bertz CT molecular complexity index is 694. The highest BCUT2D eigenvalue weighted by Crippen LogP contribution is 2.29. The first-order valence-corrected chi connectivity index (χ1v) is 6.20. The Morgan fingerprint density at radius 3 is 2.56 bits per heavy atom. The minimum Gasteiger partial charge on any atom is -0.317 e. The van der Waals surface area contributed by atoms with Crippen molar-refractivity contribution in [2.75, 3.05) is 0 Å². The molecule has 16 heavy (non-hydrogen) atoms. The zero-order chi connectivity index (χ0) is 11.1. The molecular weight excluding hydrogens is 309 g/mol. The molecule has 2 aromatic carbocycles. The molecule has 0 saturated carbocycles. The van der Waals surface area contributed by atoms with Crippen molar-refractivity contribution in [3.63, 3.8) is 0 Å². The van der Waals surface area contributed by atoms with Crippen molar-refractivity contribution < 1.29 is 0 Å². The molecule has 0 spiro atoms. The summed E-state index contributed by atoms with van der Waals surface area (Å²) in [5.74, 6) is 0. The van der Waals surface area contributed by atoms with Crippen LogP contribution < -0.4 is 0 Å².